The predicted molar refractivity (Wildman–Crippen MR) is 101 cm³/mol. The summed E-state index contributed by atoms with van der Waals surface area (Å²) in [5.41, 5.74) is 2.30. The average Bonchev–Trinajstić information content (AvgIpc) is 3.14. The highest BCUT2D eigenvalue weighted by molar-refractivity contribution is 9.10. The number of carbonyl (C=O) groups excluding carboxylic acids is 1. The Hall–Kier alpha value is -2.24. The topological polar surface area (TPSA) is 38.7 Å². The van der Waals surface area contributed by atoms with Crippen LogP contribution in [0.25, 0.3) is 0 Å². The van der Waals surface area contributed by atoms with Crippen LogP contribution in [0.5, 0.6) is 0 Å². The van der Waals surface area contributed by atoms with Gasteiger partial charge in [0.25, 0.3) is 0 Å². The molecule has 0 unspecified atom stereocenters. The second-order valence-electron chi connectivity index (χ2n) is 5.04. The third-order valence-electron chi connectivity index (χ3n) is 3.35. The molecule has 0 N–H and O–H groups in total. The van der Waals surface area contributed by atoms with Crippen LogP contribution in [0.3, 0.4) is 0 Å². The van der Waals surface area contributed by atoms with Crippen molar-refractivity contribution >= 4 is 38.9 Å². The van der Waals surface area contributed by atoms with Gasteiger partial charge in [-0.2, -0.15) is 0 Å². The second kappa shape index (κ2) is 8.04. The number of benzene rings is 2. The molecule has 3 nitrogen and oxygen atoms in total. The lowest BCUT2D eigenvalue weighted by Gasteiger charge is -2.05. The van der Waals surface area contributed by atoms with Crippen LogP contribution in [0.4, 0.5) is 0 Å². The minimum absolute atomic E-state index is 0.450. The molecule has 2 aromatic carbocycles. The summed E-state index contributed by atoms with van der Waals surface area (Å²) in [6.07, 6.45) is 0.602. The molecule has 0 atom stereocenters. The molecule has 1 heterocycles. The fourth-order valence-electron chi connectivity index (χ4n) is 2.17. The fraction of sp³-hybridized carbons (Fsp3) is 0.0526. The Morgan fingerprint density at radius 1 is 1.00 bits per heavy atom. The lowest BCUT2D eigenvalue weighted by molar-refractivity contribution is 0.0515. The summed E-state index contributed by atoms with van der Waals surface area (Å²) in [6.45, 7) is 0. The Balaban J connectivity index is 1.82. The average molecular weight is 400 g/mol. The van der Waals surface area contributed by atoms with Crippen molar-refractivity contribution in [2.24, 2.45) is 5.16 Å². The molecule has 0 aliphatic carbocycles. The zero-order chi connectivity index (χ0) is 16.8. The van der Waals surface area contributed by atoms with Crippen molar-refractivity contribution in [3.63, 3.8) is 0 Å². The van der Waals surface area contributed by atoms with Gasteiger partial charge in [0.1, 0.15) is 5.71 Å². The summed E-state index contributed by atoms with van der Waals surface area (Å²) in [4.78, 5) is 18.4. The van der Waals surface area contributed by atoms with Crippen LogP contribution >= 0.6 is 27.3 Å². The molecule has 0 aliphatic rings. The van der Waals surface area contributed by atoms with Crippen molar-refractivity contribution in [2.45, 2.75) is 6.42 Å². The second-order valence-corrected chi connectivity index (χ2v) is 6.84. The van der Waals surface area contributed by atoms with E-state index in [0.717, 1.165) is 16.2 Å². The summed E-state index contributed by atoms with van der Waals surface area (Å²) in [7, 11) is 0. The van der Waals surface area contributed by atoms with Crippen LogP contribution in [0.15, 0.2) is 81.7 Å². The highest BCUT2D eigenvalue weighted by Crippen LogP contribution is 2.18. The maximum Gasteiger partial charge on any atom is 0.366 e. The van der Waals surface area contributed by atoms with Crippen LogP contribution in [0, 0.1) is 0 Å². The van der Waals surface area contributed by atoms with Crippen molar-refractivity contribution < 1.29 is 9.63 Å². The summed E-state index contributed by atoms with van der Waals surface area (Å²) >= 11 is 4.92. The Morgan fingerprint density at radius 3 is 2.46 bits per heavy atom. The lowest BCUT2D eigenvalue weighted by atomic mass is 10.1. The minimum atomic E-state index is -0.482. The highest BCUT2D eigenvalue weighted by Gasteiger charge is 2.13. The van der Waals surface area contributed by atoms with Crippen LogP contribution in [0.1, 0.15) is 20.8 Å². The first-order valence-corrected chi connectivity index (χ1v) is 9.02. The van der Waals surface area contributed by atoms with Crippen molar-refractivity contribution in [1.82, 2.24) is 0 Å². The van der Waals surface area contributed by atoms with Gasteiger partial charge >= 0.3 is 5.97 Å². The van der Waals surface area contributed by atoms with Crippen LogP contribution < -0.4 is 0 Å². The first-order chi connectivity index (χ1) is 11.7. The lowest BCUT2D eigenvalue weighted by Crippen LogP contribution is -2.08. The molecule has 0 bridgehead atoms. The SMILES string of the molecule is O=C(O/N=C(\Cc1ccccc1)c1cccs1)c1ccccc1Br. The predicted octanol–water partition coefficient (Wildman–Crippen LogP) is 5.31. The van der Waals surface area contributed by atoms with E-state index < -0.39 is 5.97 Å². The first-order valence-electron chi connectivity index (χ1n) is 7.34. The van der Waals surface area contributed by atoms with Crippen molar-refractivity contribution in [2.75, 3.05) is 0 Å². The van der Waals surface area contributed by atoms with Gasteiger partial charge in [-0.15, -0.1) is 11.3 Å². The molecule has 0 amide bonds. The molecule has 0 saturated heterocycles. The number of nitrogens with zero attached hydrogens (tertiary/aromatic N) is 1. The standard InChI is InChI=1S/C19H14BrNO2S/c20-16-10-5-4-9-15(16)19(22)23-21-17(18-11-6-12-24-18)13-14-7-2-1-3-8-14/h1-12H,13H2/b21-17+. The van der Waals surface area contributed by atoms with Gasteiger partial charge in [0.05, 0.1) is 10.4 Å². The van der Waals surface area contributed by atoms with Gasteiger partial charge in [-0.25, -0.2) is 4.79 Å². The molecular weight excluding hydrogens is 386 g/mol. The van der Waals surface area contributed by atoms with E-state index in [1.165, 1.54) is 0 Å². The molecule has 5 heteroatoms. The van der Waals surface area contributed by atoms with Crippen LogP contribution in [-0.4, -0.2) is 11.7 Å². The molecule has 0 aliphatic heterocycles. The Morgan fingerprint density at radius 2 is 1.75 bits per heavy atom. The molecule has 0 saturated carbocycles. The number of oxime groups is 1. The maximum absolute atomic E-state index is 12.2. The zero-order valence-corrected chi connectivity index (χ0v) is 15.1. The van der Waals surface area contributed by atoms with E-state index in [4.69, 9.17) is 4.84 Å². The zero-order valence-electron chi connectivity index (χ0n) is 12.7. The molecule has 3 rings (SSSR count). The molecule has 1 aromatic heterocycles. The fourth-order valence-corrected chi connectivity index (χ4v) is 3.32. The number of halogens is 1. The first kappa shape index (κ1) is 16.6. The molecule has 24 heavy (non-hydrogen) atoms. The number of hydrogen-bond donors (Lipinski definition) is 0. The van der Waals surface area contributed by atoms with E-state index in [-0.39, 0.29) is 0 Å². The molecule has 0 spiro atoms. The van der Waals surface area contributed by atoms with E-state index in [0.29, 0.717) is 16.5 Å². The Kier molecular flexibility index (Phi) is 5.56. The van der Waals surface area contributed by atoms with E-state index in [1.54, 1.807) is 29.5 Å². The van der Waals surface area contributed by atoms with Crippen LogP contribution in [0.2, 0.25) is 0 Å². The summed E-state index contributed by atoms with van der Waals surface area (Å²) in [5, 5.41) is 6.11. The van der Waals surface area contributed by atoms with Gasteiger partial charge in [-0.05, 0) is 45.1 Å². The van der Waals surface area contributed by atoms with E-state index in [2.05, 4.69) is 21.1 Å². The number of rotatable bonds is 5. The number of carbonyl (C=O) groups is 1. The molecule has 3 aromatic rings. The quantitative estimate of drug-likeness (QED) is 0.331. The highest BCUT2D eigenvalue weighted by atomic mass is 79.9. The summed E-state index contributed by atoms with van der Waals surface area (Å²) < 4.78 is 0.686. The molecule has 120 valence electrons. The number of hydrogen-bond acceptors (Lipinski definition) is 4. The Labute approximate surface area is 152 Å². The molecule has 0 radical (unpaired) electrons. The van der Waals surface area contributed by atoms with Gasteiger partial charge < -0.3 is 4.84 Å². The van der Waals surface area contributed by atoms with Gasteiger partial charge in [-0.3, -0.25) is 0 Å². The van der Waals surface area contributed by atoms with Crippen molar-refractivity contribution in [1.29, 1.82) is 0 Å². The van der Waals surface area contributed by atoms with Gasteiger partial charge in [0.2, 0.25) is 0 Å². The minimum Gasteiger partial charge on any atom is -0.312 e. The van der Waals surface area contributed by atoms with E-state index in [9.17, 15) is 4.79 Å². The van der Waals surface area contributed by atoms with E-state index >= 15 is 0 Å². The third-order valence-corrected chi connectivity index (χ3v) is 4.96. The van der Waals surface area contributed by atoms with E-state index in [1.807, 2.05) is 53.9 Å². The largest absolute Gasteiger partial charge is 0.366 e. The molecular formula is C19H14BrNO2S. The number of thiophene rings is 1. The summed E-state index contributed by atoms with van der Waals surface area (Å²) in [5.74, 6) is -0.482. The van der Waals surface area contributed by atoms with Gasteiger partial charge in [0.15, 0.2) is 0 Å². The van der Waals surface area contributed by atoms with Gasteiger partial charge in [0, 0.05) is 10.9 Å². The van der Waals surface area contributed by atoms with Crippen LogP contribution in [-0.2, 0) is 11.3 Å². The Bertz CT molecular complexity index is 845. The summed E-state index contributed by atoms with van der Waals surface area (Å²) in [6, 6.07) is 21.0. The maximum atomic E-state index is 12.2. The van der Waals surface area contributed by atoms with Gasteiger partial charge in [-0.1, -0.05) is 53.7 Å². The third kappa shape index (κ3) is 4.19. The van der Waals surface area contributed by atoms with Crippen molar-refractivity contribution in [3.05, 3.63) is 92.6 Å². The normalized spacial score (nSPS) is 11.3. The molecule has 0 fully saturated rings. The smallest absolute Gasteiger partial charge is 0.312 e. The van der Waals surface area contributed by atoms with Crippen molar-refractivity contribution in [3.8, 4) is 0 Å². The monoisotopic (exact) mass is 399 g/mol.